The van der Waals surface area contributed by atoms with Crippen molar-refractivity contribution in [3.05, 3.63) is 22.4 Å². The number of hydrogen-bond donors (Lipinski definition) is 1. The van der Waals surface area contributed by atoms with E-state index in [1.165, 1.54) is 4.88 Å². The van der Waals surface area contributed by atoms with Crippen LogP contribution in [0.1, 0.15) is 24.6 Å². The molecule has 1 aromatic rings. The topological polar surface area (TPSA) is 66.8 Å². The van der Waals surface area contributed by atoms with Gasteiger partial charge in [0.1, 0.15) is 6.10 Å². The van der Waals surface area contributed by atoms with Crippen LogP contribution in [0, 0.1) is 0 Å². The number of nitrogens with zero attached hydrogens (tertiary/aromatic N) is 1. The van der Waals surface area contributed by atoms with Gasteiger partial charge in [0, 0.05) is 24.4 Å². The van der Waals surface area contributed by atoms with Gasteiger partial charge in [0.2, 0.25) is 0 Å². The largest absolute Gasteiger partial charge is 0.479 e. The Hall–Kier alpha value is -1.40. The third kappa shape index (κ3) is 3.37. The molecule has 1 fully saturated rings. The van der Waals surface area contributed by atoms with Crippen LogP contribution < -0.4 is 0 Å². The number of carbonyl (C=O) groups is 2. The summed E-state index contributed by atoms with van der Waals surface area (Å²) in [6, 6.07) is 4.10. The van der Waals surface area contributed by atoms with Crippen molar-refractivity contribution in [3.63, 3.8) is 0 Å². The maximum atomic E-state index is 12.3. The second-order valence-electron chi connectivity index (χ2n) is 5.11. The summed E-state index contributed by atoms with van der Waals surface area (Å²) in [5.74, 6) is -1.12. The monoisotopic (exact) mass is 297 g/mol. The number of thiophene rings is 1. The lowest BCUT2D eigenvalue weighted by atomic mass is 10.1. The molecule has 1 aromatic heterocycles. The third-order valence-electron chi connectivity index (χ3n) is 3.66. The number of hydrogen-bond acceptors (Lipinski definition) is 4. The number of carboxylic acids is 1. The number of amides is 1. The number of likely N-dealkylation sites (N-methyl/N-ethyl adjacent to an activating group) is 1. The highest BCUT2D eigenvalue weighted by atomic mass is 32.1. The highest BCUT2D eigenvalue weighted by molar-refractivity contribution is 7.09. The molecule has 20 heavy (non-hydrogen) atoms. The Morgan fingerprint density at radius 3 is 2.75 bits per heavy atom. The predicted molar refractivity (Wildman–Crippen MR) is 75.8 cm³/mol. The fourth-order valence-electron chi connectivity index (χ4n) is 2.30. The van der Waals surface area contributed by atoms with Crippen LogP contribution in [-0.4, -0.2) is 47.2 Å². The first-order valence-corrected chi connectivity index (χ1v) is 7.54. The van der Waals surface area contributed by atoms with E-state index in [9.17, 15) is 9.59 Å². The Labute approximate surface area is 122 Å². The summed E-state index contributed by atoms with van der Waals surface area (Å²) in [6.07, 6.45) is 0.219. The normalized spacial score (nSPS) is 23.5. The number of carbonyl (C=O) groups excluding carboxylic acids is 1. The molecule has 110 valence electrons. The Balaban J connectivity index is 1.90. The zero-order chi connectivity index (χ0) is 14.7. The third-order valence-corrected chi connectivity index (χ3v) is 4.55. The smallest absolute Gasteiger partial charge is 0.332 e. The van der Waals surface area contributed by atoms with Crippen molar-refractivity contribution in [1.82, 2.24) is 4.90 Å². The lowest BCUT2D eigenvalue weighted by Gasteiger charge is -2.27. The van der Waals surface area contributed by atoms with Gasteiger partial charge in [-0.1, -0.05) is 6.07 Å². The average molecular weight is 297 g/mol. The van der Waals surface area contributed by atoms with Crippen LogP contribution in [0.15, 0.2) is 17.5 Å². The summed E-state index contributed by atoms with van der Waals surface area (Å²) in [7, 11) is 1.75. The maximum absolute atomic E-state index is 12.3. The zero-order valence-electron chi connectivity index (χ0n) is 11.6. The molecule has 0 radical (unpaired) electrons. The number of ether oxygens (including phenoxy) is 1. The van der Waals surface area contributed by atoms with Gasteiger partial charge in [-0.25, -0.2) is 4.79 Å². The highest BCUT2D eigenvalue weighted by Gasteiger charge is 2.36. The van der Waals surface area contributed by atoms with E-state index in [2.05, 4.69) is 0 Å². The van der Waals surface area contributed by atoms with E-state index >= 15 is 0 Å². The van der Waals surface area contributed by atoms with Crippen LogP contribution in [-0.2, 0) is 20.7 Å². The van der Waals surface area contributed by atoms with E-state index in [1.807, 2.05) is 24.4 Å². The summed E-state index contributed by atoms with van der Waals surface area (Å²) >= 11 is 1.67. The van der Waals surface area contributed by atoms with Crippen LogP contribution in [0.25, 0.3) is 0 Å². The van der Waals surface area contributed by atoms with Crippen LogP contribution in [0.2, 0.25) is 0 Å². The molecule has 3 atom stereocenters. The van der Waals surface area contributed by atoms with Crippen molar-refractivity contribution in [3.8, 4) is 0 Å². The molecule has 2 heterocycles. The molecular formula is C14H19NO4S. The van der Waals surface area contributed by atoms with E-state index in [4.69, 9.17) is 9.84 Å². The fraction of sp³-hybridized carbons (Fsp3) is 0.571. The van der Waals surface area contributed by atoms with Crippen molar-refractivity contribution in [2.24, 2.45) is 0 Å². The summed E-state index contributed by atoms with van der Waals surface area (Å²) in [6.45, 7) is 1.99. The van der Waals surface area contributed by atoms with Crippen molar-refractivity contribution < 1.29 is 19.4 Å². The SMILES string of the molecule is CC(Cc1cccs1)N(C)C(=O)C1CCC(C(=O)O)O1. The van der Waals surface area contributed by atoms with E-state index in [1.54, 1.807) is 23.3 Å². The predicted octanol–water partition coefficient (Wildman–Crippen LogP) is 1.77. The van der Waals surface area contributed by atoms with E-state index in [0.29, 0.717) is 12.8 Å². The lowest BCUT2D eigenvalue weighted by molar-refractivity contribution is -0.154. The molecule has 1 aliphatic heterocycles. The average Bonchev–Trinajstić information content (AvgIpc) is 3.07. The molecule has 0 bridgehead atoms. The Kier molecular flexibility index (Phi) is 4.77. The molecule has 1 N–H and O–H groups in total. The Morgan fingerprint density at radius 2 is 2.20 bits per heavy atom. The maximum Gasteiger partial charge on any atom is 0.332 e. The van der Waals surface area contributed by atoms with Gasteiger partial charge in [-0.05, 0) is 31.2 Å². The highest BCUT2D eigenvalue weighted by Crippen LogP contribution is 2.22. The summed E-state index contributed by atoms with van der Waals surface area (Å²) in [4.78, 5) is 26.0. The first-order chi connectivity index (χ1) is 9.49. The quantitative estimate of drug-likeness (QED) is 0.899. The number of carboxylic acid groups (broad SMARTS) is 1. The first kappa shape index (κ1) is 15.0. The van der Waals surface area contributed by atoms with E-state index in [-0.39, 0.29) is 11.9 Å². The van der Waals surface area contributed by atoms with Gasteiger partial charge in [-0.2, -0.15) is 0 Å². The number of rotatable bonds is 5. The Bertz CT molecular complexity index is 474. The van der Waals surface area contributed by atoms with Gasteiger partial charge in [-0.3, -0.25) is 4.79 Å². The molecule has 0 aromatic carbocycles. The lowest BCUT2D eigenvalue weighted by Crippen LogP contribution is -2.42. The Morgan fingerprint density at radius 1 is 1.50 bits per heavy atom. The molecule has 1 saturated heterocycles. The van der Waals surface area contributed by atoms with Gasteiger partial charge in [-0.15, -0.1) is 11.3 Å². The molecule has 0 aliphatic carbocycles. The number of aliphatic carboxylic acids is 1. The fourth-order valence-corrected chi connectivity index (χ4v) is 3.13. The minimum Gasteiger partial charge on any atom is -0.479 e. The molecule has 6 heteroatoms. The van der Waals surface area contributed by atoms with Gasteiger partial charge < -0.3 is 14.7 Å². The van der Waals surface area contributed by atoms with E-state index < -0.39 is 18.2 Å². The van der Waals surface area contributed by atoms with Crippen LogP contribution >= 0.6 is 11.3 Å². The second-order valence-corrected chi connectivity index (χ2v) is 6.14. The summed E-state index contributed by atoms with van der Waals surface area (Å²) in [5.41, 5.74) is 0. The molecule has 0 spiro atoms. The molecule has 3 unspecified atom stereocenters. The van der Waals surface area contributed by atoms with E-state index in [0.717, 1.165) is 6.42 Å². The van der Waals surface area contributed by atoms with Gasteiger partial charge in [0.15, 0.2) is 6.10 Å². The van der Waals surface area contributed by atoms with Crippen molar-refractivity contribution in [1.29, 1.82) is 0 Å². The molecule has 1 aliphatic rings. The van der Waals surface area contributed by atoms with Crippen molar-refractivity contribution >= 4 is 23.2 Å². The van der Waals surface area contributed by atoms with Crippen molar-refractivity contribution in [2.75, 3.05) is 7.05 Å². The van der Waals surface area contributed by atoms with Crippen LogP contribution in [0.3, 0.4) is 0 Å². The summed E-state index contributed by atoms with van der Waals surface area (Å²) in [5, 5.41) is 10.9. The minimum absolute atomic E-state index is 0.0635. The van der Waals surface area contributed by atoms with Gasteiger partial charge >= 0.3 is 5.97 Å². The minimum atomic E-state index is -0.991. The van der Waals surface area contributed by atoms with Crippen LogP contribution in [0.5, 0.6) is 0 Å². The van der Waals surface area contributed by atoms with Gasteiger partial charge in [0.25, 0.3) is 5.91 Å². The standard InChI is InChI=1S/C14H19NO4S/c1-9(8-10-4-3-7-20-10)15(2)13(16)11-5-6-12(19-11)14(17)18/h3-4,7,9,11-12H,5-6,8H2,1-2H3,(H,17,18). The summed E-state index contributed by atoms with van der Waals surface area (Å²) < 4.78 is 5.30. The van der Waals surface area contributed by atoms with Crippen LogP contribution in [0.4, 0.5) is 0 Å². The molecular weight excluding hydrogens is 278 g/mol. The van der Waals surface area contributed by atoms with Gasteiger partial charge in [0.05, 0.1) is 0 Å². The second kappa shape index (κ2) is 6.37. The molecule has 2 rings (SSSR count). The molecule has 5 nitrogen and oxygen atoms in total. The molecule has 0 saturated carbocycles. The van der Waals surface area contributed by atoms with Crippen molar-refractivity contribution in [2.45, 2.75) is 44.4 Å². The zero-order valence-corrected chi connectivity index (χ0v) is 12.4. The molecule has 1 amide bonds. The first-order valence-electron chi connectivity index (χ1n) is 6.66.